The first-order valence-corrected chi connectivity index (χ1v) is 44.0. The Labute approximate surface area is 772 Å². The predicted octanol–water partition coefficient (Wildman–Crippen LogP) is 31.4. The molecule has 0 atom stereocenters. The van der Waals surface area contributed by atoms with Crippen molar-refractivity contribution in [2.24, 2.45) is 0 Å². The molecule has 0 radical (unpaired) electrons. The number of hydrogen-bond donors (Lipinski definition) is 0. The fraction of sp³-hybridized carbons (Fsp3) is 0.100. The second kappa shape index (κ2) is 42.0. The van der Waals surface area contributed by atoms with Crippen LogP contribution < -0.4 is 19.6 Å². The molecule has 18 rings (SSSR count). The first-order valence-electron chi connectivity index (χ1n) is 44.0. The minimum atomic E-state index is -0.0182. The highest BCUT2D eigenvalue weighted by atomic mass is 16.5. The number of rotatable bonds is 24. The molecule has 0 bridgehead atoms. The summed E-state index contributed by atoms with van der Waals surface area (Å²) in [5.74, 6) is 2.42. The van der Waals surface area contributed by atoms with Crippen molar-refractivity contribution >= 4 is 178 Å². The Balaban J connectivity index is 0.000000136. The fourth-order valence-electron chi connectivity index (χ4n) is 17.7. The fourth-order valence-corrected chi connectivity index (χ4v) is 17.7. The van der Waals surface area contributed by atoms with Gasteiger partial charge in [0.1, 0.15) is 23.0 Å². The molecule has 12 nitrogen and oxygen atoms in total. The average Bonchev–Trinajstić information content (AvgIpc) is 0.728. The van der Waals surface area contributed by atoms with Gasteiger partial charge in [-0.05, 0) is 243 Å². The lowest BCUT2D eigenvalue weighted by molar-refractivity contribution is -0.112. The van der Waals surface area contributed by atoms with Crippen LogP contribution in [-0.2, 0) is 38.1 Å². The minimum absolute atomic E-state index is 0.00919. The summed E-state index contributed by atoms with van der Waals surface area (Å²) in [7, 11) is 6.41. The zero-order valence-corrected chi connectivity index (χ0v) is 76.3. The molecule has 0 saturated carbocycles. The van der Waals surface area contributed by atoms with Gasteiger partial charge in [-0.15, -0.1) is 0 Å². The molecule has 0 amide bonds. The first-order chi connectivity index (χ1) is 64.4. The van der Waals surface area contributed by atoms with Gasteiger partial charge in [-0.3, -0.25) is 19.2 Å². The lowest BCUT2D eigenvalue weighted by Crippen LogP contribution is -2.12. The van der Waals surface area contributed by atoms with Crippen LogP contribution in [0.3, 0.4) is 0 Å². The molecule has 0 heterocycles. The third-order valence-corrected chi connectivity index (χ3v) is 23.7. The number of nitrogens with zero attached hydrogens (tertiary/aromatic N) is 4. The van der Waals surface area contributed by atoms with Crippen LogP contribution in [0.25, 0.3) is 86.9 Å². The van der Waals surface area contributed by atoms with Crippen LogP contribution in [0.5, 0.6) is 0 Å². The van der Waals surface area contributed by atoms with Crippen molar-refractivity contribution in [2.45, 2.75) is 55.4 Å². The Hall–Kier alpha value is -16.4. The third-order valence-electron chi connectivity index (χ3n) is 23.7. The molecule has 0 spiro atoms. The van der Waals surface area contributed by atoms with E-state index in [1.54, 1.807) is 56.1 Å². The largest absolute Gasteiger partial charge is 0.501 e. The Bertz CT molecular complexity index is 7120. The molecule has 0 aromatic heterocycles. The molecule has 18 aromatic carbocycles. The number of benzene rings is 18. The summed E-state index contributed by atoms with van der Waals surface area (Å²) >= 11 is 0. The van der Waals surface area contributed by atoms with Crippen molar-refractivity contribution in [2.75, 3.05) is 48.0 Å². The molecule has 132 heavy (non-hydrogen) atoms. The van der Waals surface area contributed by atoms with E-state index in [-0.39, 0.29) is 23.1 Å². The van der Waals surface area contributed by atoms with Gasteiger partial charge in [0.25, 0.3) is 0 Å². The number of para-hydroxylation sites is 8. The topological polar surface area (TPSA) is 118 Å². The summed E-state index contributed by atoms with van der Waals surface area (Å²) in [6, 6.07) is 141. The number of carbonyl (C=O) groups excluding carboxylic acids is 4. The van der Waals surface area contributed by atoms with Crippen LogP contribution in [0.2, 0.25) is 0 Å². The highest BCUT2D eigenvalue weighted by Gasteiger charge is 2.28. The molecule has 0 saturated heterocycles. The van der Waals surface area contributed by atoms with Gasteiger partial charge in [-0.1, -0.05) is 285 Å². The number of hydrogen-bond acceptors (Lipinski definition) is 12. The van der Waals surface area contributed by atoms with Gasteiger partial charge in [0.05, 0.1) is 67.8 Å². The number of Topliss-reactive ketones (excluding diaryl/α,β-unsaturated/α-hetero) is 4. The summed E-state index contributed by atoms with van der Waals surface area (Å²) < 4.78 is 21.9. The summed E-state index contributed by atoms with van der Waals surface area (Å²) in [6.45, 7) is 13.7. The molecular formula is C120H104N4O8. The summed E-state index contributed by atoms with van der Waals surface area (Å²) in [5, 5.41) is 12.9. The number of anilines is 12. The monoisotopic (exact) mass is 1730 g/mol. The van der Waals surface area contributed by atoms with E-state index in [1.165, 1.54) is 0 Å². The SMILES string of the molecule is CO/C(C)=C(\C(C)=O)c1c2ccccc2c(N(c2ccccc2)c2ccccc2)c2ccccc12.CO/C(C)=C(\C(C)=O)c1cc2c3ccccc3c(N(c3ccccc3)c3ccccc3)cc2c2ccccc12.CO/C(C)=C(\C(C)=O)c1ccc(N(c2ccccc2)c2ccccc2)c2ccccc12.CO/C(C)=C(\C(C)=O)c1ccc(N(c2ccccc2)c2ccccc2)cc1. The van der Waals surface area contributed by atoms with E-state index in [0.29, 0.717) is 45.3 Å². The number of methoxy groups -OCH3 is 4. The minimum Gasteiger partial charge on any atom is -0.501 e. The number of carbonyl (C=O) groups is 4. The number of ether oxygens (including phenoxy) is 4. The number of ketones is 4. The lowest BCUT2D eigenvalue weighted by atomic mass is 9.88. The van der Waals surface area contributed by atoms with Crippen molar-refractivity contribution in [1.29, 1.82) is 0 Å². The highest BCUT2D eigenvalue weighted by molar-refractivity contribution is 6.32. The highest BCUT2D eigenvalue weighted by Crippen LogP contribution is 2.50. The van der Waals surface area contributed by atoms with E-state index in [9.17, 15) is 19.2 Å². The van der Waals surface area contributed by atoms with Crippen molar-refractivity contribution in [3.8, 4) is 0 Å². The van der Waals surface area contributed by atoms with Gasteiger partial charge in [-0.25, -0.2) is 0 Å². The van der Waals surface area contributed by atoms with Gasteiger partial charge in [0, 0.05) is 78.3 Å². The maximum atomic E-state index is 12.9. The van der Waals surface area contributed by atoms with Crippen molar-refractivity contribution in [1.82, 2.24) is 0 Å². The molecule has 0 aliphatic carbocycles. The summed E-state index contributed by atoms with van der Waals surface area (Å²) in [4.78, 5) is 59.5. The van der Waals surface area contributed by atoms with Crippen LogP contribution in [0, 0.1) is 0 Å². The van der Waals surface area contributed by atoms with Gasteiger partial charge < -0.3 is 38.5 Å². The van der Waals surface area contributed by atoms with E-state index in [0.717, 1.165) is 155 Å². The van der Waals surface area contributed by atoms with E-state index < -0.39 is 0 Å². The van der Waals surface area contributed by atoms with Gasteiger partial charge in [0.15, 0.2) is 23.1 Å². The third kappa shape index (κ3) is 19.2. The van der Waals surface area contributed by atoms with Gasteiger partial charge >= 0.3 is 0 Å². The van der Waals surface area contributed by atoms with Crippen molar-refractivity contribution < 1.29 is 38.1 Å². The number of allylic oxidation sites excluding steroid dienone is 8. The Kier molecular flexibility index (Phi) is 28.7. The van der Waals surface area contributed by atoms with E-state index in [1.807, 2.05) is 185 Å². The van der Waals surface area contributed by atoms with Gasteiger partial charge in [0.2, 0.25) is 0 Å². The van der Waals surface area contributed by atoms with Gasteiger partial charge in [-0.2, -0.15) is 0 Å². The molecular weight excluding hydrogens is 1630 g/mol. The van der Waals surface area contributed by atoms with Crippen LogP contribution in [-0.4, -0.2) is 51.6 Å². The zero-order valence-electron chi connectivity index (χ0n) is 76.3. The molecule has 0 unspecified atom stereocenters. The molecule has 0 aliphatic rings. The molecule has 0 fully saturated rings. The smallest absolute Gasteiger partial charge is 0.163 e. The van der Waals surface area contributed by atoms with E-state index in [2.05, 4.69) is 274 Å². The molecule has 18 aromatic rings. The maximum absolute atomic E-state index is 12.9. The molecule has 0 N–H and O–H groups in total. The van der Waals surface area contributed by atoms with Crippen molar-refractivity contribution in [3.05, 3.63) is 458 Å². The van der Waals surface area contributed by atoms with Crippen LogP contribution >= 0.6 is 0 Å². The average molecular weight is 1730 g/mol. The normalized spacial score (nSPS) is 11.8. The van der Waals surface area contributed by atoms with Crippen LogP contribution in [0.4, 0.5) is 68.2 Å². The lowest BCUT2D eigenvalue weighted by Gasteiger charge is -2.29. The summed E-state index contributed by atoms with van der Waals surface area (Å²) in [6.07, 6.45) is 0. The van der Waals surface area contributed by atoms with E-state index >= 15 is 0 Å². The Morgan fingerprint density at radius 3 is 0.795 bits per heavy atom. The quantitative estimate of drug-likeness (QED) is 0.0248. The second-order valence-corrected chi connectivity index (χ2v) is 31.8. The van der Waals surface area contributed by atoms with Crippen molar-refractivity contribution in [3.63, 3.8) is 0 Å². The molecule has 12 heteroatoms. The Morgan fingerprint density at radius 1 is 0.189 bits per heavy atom. The van der Waals surface area contributed by atoms with E-state index in [4.69, 9.17) is 18.9 Å². The maximum Gasteiger partial charge on any atom is 0.163 e. The van der Waals surface area contributed by atoms with Crippen LogP contribution in [0.1, 0.15) is 77.6 Å². The van der Waals surface area contributed by atoms with Crippen LogP contribution in [0.15, 0.2) is 436 Å². The Morgan fingerprint density at radius 2 is 0.439 bits per heavy atom. The number of fused-ring (bicyclic) bond motifs is 8. The predicted molar refractivity (Wildman–Crippen MR) is 551 cm³/mol. The standard InChI is InChI=1S/C36H29NO2.C32H27NO2.C28H25NO2.C24H23NO2/c1-24(38)36(25(2)39-3)34-22-32-30-20-12-13-21-31(30)35(23-33(32)28-18-10-11-19-29(28)34)37(26-14-6-4-7-15-26)27-16-8-5-9-17-27;1-22(34)30(23(2)35-3)31-26-18-10-12-20-28(26)32(29-21-13-11-19-27(29)31)33(24-14-6-4-7-15-24)25-16-8-5-9-17-25;1-20(30)28(21(2)31-3)26-18-19-27(25-17-11-10-16-24(25)26)29(22-12-6-4-7-13-22)23-14-8-5-9-15-23;1-18(26)24(19(2)27-3)20-14-16-23(17-15-20)25(21-10-6-4-7-11-21)22-12-8-5-9-13-22/h4-23H,1-3H3;4-21H,1-3H3;4-19H,1-3H3;4-17H,1-3H3/b36-25+;30-23+;28-21+;24-19+. The summed E-state index contributed by atoms with van der Waals surface area (Å²) in [5.41, 5.74) is 18.8. The zero-order chi connectivity index (χ0) is 92.3. The molecule has 0 aliphatic heterocycles. The first kappa shape index (κ1) is 90.4. The second-order valence-electron chi connectivity index (χ2n) is 31.8. The molecule has 652 valence electrons.